The molecule has 0 atom stereocenters. The topological polar surface area (TPSA) is 80.5 Å². The van der Waals surface area contributed by atoms with Gasteiger partial charge in [0.25, 0.3) is 5.69 Å². The summed E-state index contributed by atoms with van der Waals surface area (Å²) in [7, 11) is -3.73. The number of nitro groups is 1. The van der Waals surface area contributed by atoms with Gasteiger partial charge in [-0.1, -0.05) is 23.3 Å². The maximum Gasteiger partial charge on any atom is 0.289 e. The van der Waals surface area contributed by atoms with E-state index in [1.54, 1.807) is 0 Å². The molecule has 0 radical (unpaired) electrons. The van der Waals surface area contributed by atoms with Crippen molar-refractivity contribution in [3.8, 4) is 0 Å². The van der Waals surface area contributed by atoms with Crippen molar-refractivity contribution in [2.24, 2.45) is 0 Å². The Balaban J connectivity index is 2.40. The third-order valence-corrected chi connectivity index (χ3v) is 5.33. The largest absolute Gasteiger partial charge is 0.289 e. The molecule has 0 aromatic heterocycles. The Kier molecular flexibility index (Phi) is 4.12. The Morgan fingerprint density at radius 2 is 2.10 bits per heavy atom. The van der Waals surface area contributed by atoms with Crippen LogP contribution in [0.15, 0.2) is 34.7 Å². The molecule has 1 aliphatic heterocycles. The summed E-state index contributed by atoms with van der Waals surface area (Å²) < 4.78 is 26.1. The molecule has 0 spiro atoms. The molecule has 0 saturated carbocycles. The molecule has 0 unspecified atom stereocenters. The Bertz CT molecular complexity index is 685. The first-order valence-corrected chi connectivity index (χ1v) is 7.74. The number of hydrogen-bond donors (Lipinski definition) is 0. The number of hydrogen-bond acceptors (Lipinski definition) is 4. The average Bonchev–Trinajstić information content (AvgIpc) is 2.39. The van der Waals surface area contributed by atoms with Crippen LogP contribution < -0.4 is 0 Å². The minimum atomic E-state index is -3.73. The van der Waals surface area contributed by atoms with E-state index in [0.29, 0.717) is 13.0 Å². The van der Waals surface area contributed by atoms with Crippen LogP contribution in [0.2, 0.25) is 5.02 Å². The molecule has 0 saturated heterocycles. The van der Waals surface area contributed by atoms with Gasteiger partial charge in [-0.15, -0.1) is 0 Å². The summed E-state index contributed by atoms with van der Waals surface area (Å²) in [6, 6.07) is 3.52. The molecule has 0 fully saturated rings. The predicted molar refractivity (Wildman–Crippen MR) is 75.2 cm³/mol. The zero-order valence-corrected chi connectivity index (χ0v) is 12.3. The zero-order chi connectivity index (χ0) is 14.9. The van der Waals surface area contributed by atoms with Gasteiger partial charge >= 0.3 is 0 Å². The van der Waals surface area contributed by atoms with Gasteiger partial charge in [0.15, 0.2) is 0 Å². The maximum atomic E-state index is 12.4. The smallest absolute Gasteiger partial charge is 0.258 e. The molecule has 0 aliphatic carbocycles. The average molecular weight is 317 g/mol. The first-order valence-electron chi connectivity index (χ1n) is 5.92. The lowest BCUT2D eigenvalue weighted by molar-refractivity contribution is -0.384. The van der Waals surface area contributed by atoms with Gasteiger partial charge in [0.05, 0.1) is 9.82 Å². The summed E-state index contributed by atoms with van der Waals surface area (Å²) in [4.78, 5) is 10.0. The lowest BCUT2D eigenvalue weighted by Gasteiger charge is -2.24. The Morgan fingerprint density at radius 1 is 1.40 bits per heavy atom. The van der Waals surface area contributed by atoms with Crippen molar-refractivity contribution < 1.29 is 13.3 Å². The minimum absolute atomic E-state index is 0.0802. The summed E-state index contributed by atoms with van der Waals surface area (Å²) in [6.07, 6.45) is 2.50. The van der Waals surface area contributed by atoms with Crippen LogP contribution in [0.25, 0.3) is 0 Å². The van der Waals surface area contributed by atoms with E-state index in [-0.39, 0.29) is 16.5 Å². The molecule has 6 nitrogen and oxygen atoms in total. The maximum absolute atomic E-state index is 12.4. The molecule has 1 aliphatic rings. The van der Waals surface area contributed by atoms with E-state index in [2.05, 4.69) is 0 Å². The summed E-state index contributed by atoms with van der Waals surface area (Å²) in [5.74, 6) is 0. The van der Waals surface area contributed by atoms with Gasteiger partial charge in [-0.25, -0.2) is 8.42 Å². The molecule has 1 heterocycles. The van der Waals surface area contributed by atoms with E-state index in [9.17, 15) is 18.5 Å². The van der Waals surface area contributed by atoms with Crippen LogP contribution in [0, 0.1) is 10.1 Å². The van der Waals surface area contributed by atoms with Crippen LogP contribution in [0.3, 0.4) is 0 Å². The normalized spacial score (nSPS) is 16.8. The van der Waals surface area contributed by atoms with Crippen LogP contribution in [0.4, 0.5) is 5.69 Å². The molecule has 2 rings (SSSR count). The highest BCUT2D eigenvalue weighted by atomic mass is 35.5. The lowest BCUT2D eigenvalue weighted by Crippen LogP contribution is -2.34. The molecule has 1 aromatic carbocycles. The second-order valence-corrected chi connectivity index (χ2v) is 6.88. The van der Waals surface area contributed by atoms with E-state index in [1.807, 2.05) is 13.0 Å². The number of nitrogens with zero attached hydrogens (tertiary/aromatic N) is 2. The van der Waals surface area contributed by atoms with Gasteiger partial charge in [-0.2, -0.15) is 4.31 Å². The molecule has 0 N–H and O–H groups in total. The Morgan fingerprint density at radius 3 is 2.65 bits per heavy atom. The fourth-order valence-electron chi connectivity index (χ4n) is 1.91. The van der Waals surface area contributed by atoms with Gasteiger partial charge in [0.2, 0.25) is 10.0 Å². The lowest BCUT2D eigenvalue weighted by atomic mass is 10.1. The third-order valence-electron chi connectivity index (χ3n) is 3.15. The molecular formula is C12H13ClN2O4S. The van der Waals surface area contributed by atoms with Crippen molar-refractivity contribution in [3.05, 3.63) is 45.0 Å². The summed E-state index contributed by atoms with van der Waals surface area (Å²) >= 11 is 5.69. The third kappa shape index (κ3) is 2.84. The van der Waals surface area contributed by atoms with Crippen LogP contribution in [0.5, 0.6) is 0 Å². The monoisotopic (exact) mass is 316 g/mol. The van der Waals surface area contributed by atoms with Crippen molar-refractivity contribution in [2.45, 2.75) is 18.2 Å². The second kappa shape index (κ2) is 5.51. The Hall–Kier alpha value is -1.44. The molecule has 1 aromatic rings. The van der Waals surface area contributed by atoms with Crippen LogP contribution in [-0.4, -0.2) is 30.7 Å². The van der Waals surface area contributed by atoms with Gasteiger partial charge < -0.3 is 0 Å². The van der Waals surface area contributed by atoms with Crippen molar-refractivity contribution in [2.75, 3.05) is 13.1 Å². The number of sulfonamides is 1. The fraction of sp³-hybridized carbons (Fsp3) is 0.333. The first-order chi connectivity index (χ1) is 9.32. The molecule has 20 heavy (non-hydrogen) atoms. The zero-order valence-electron chi connectivity index (χ0n) is 10.7. The SMILES string of the molecule is CC1=CCN(S(=O)(=O)c2ccc(Cl)c([N+](=O)[O-])c2)CC1. The standard InChI is InChI=1S/C12H13ClN2O4S/c1-9-4-6-14(7-5-9)20(18,19)10-2-3-11(13)12(8-10)15(16)17/h2-4,8H,5-7H2,1H3. The molecule has 108 valence electrons. The number of nitro benzene ring substituents is 1. The minimum Gasteiger partial charge on any atom is -0.258 e. The van der Waals surface area contributed by atoms with E-state index in [1.165, 1.54) is 16.4 Å². The van der Waals surface area contributed by atoms with Crippen molar-refractivity contribution in [3.63, 3.8) is 0 Å². The summed E-state index contributed by atoms with van der Waals surface area (Å²) in [6.45, 7) is 2.60. The number of benzene rings is 1. The first kappa shape index (κ1) is 15.0. The van der Waals surface area contributed by atoms with Crippen LogP contribution in [0.1, 0.15) is 13.3 Å². The summed E-state index contributed by atoms with van der Waals surface area (Å²) in [5, 5.41) is 10.7. The van der Waals surface area contributed by atoms with E-state index >= 15 is 0 Å². The van der Waals surface area contributed by atoms with Crippen molar-refractivity contribution >= 4 is 27.3 Å². The van der Waals surface area contributed by atoms with E-state index in [4.69, 9.17) is 11.6 Å². The van der Waals surface area contributed by atoms with E-state index < -0.39 is 20.6 Å². The fourth-order valence-corrected chi connectivity index (χ4v) is 3.50. The molecule has 0 amide bonds. The number of halogens is 1. The molecular weight excluding hydrogens is 304 g/mol. The van der Waals surface area contributed by atoms with Crippen molar-refractivity contribution in [1.29, 1.82) is 0 Å². The predicted octanol–water partition coefficient (Wildman–Crippen LogP) is 2.59. The highest BCUT2D eigenvalue weighted by Crippen LogP contribution is 2.29. The van der Waals surface area contributed by atoms with Gasteiger partial charge in [0.1, 0.15) is 5.02 Å². The number of rotatable bonds is 3. The van der Waals surface area contributed by atoms with Gasteiger partial charge in [-0.3, -0.25) is 10.1 Å². The van der Waals surface area contributed by atoms with Crippen LogP contribution in [-0.2, 0) is 10.0 Å². The highest BCUT2D eigenvalue weighted by Gasteiger charge is 2.27. The molecule has 8 heteroatoms. The Labute approximate surface area is 121 Å². The van der Waals surface area contributed by atoms with Gasteiger partial charge in [0, 0.05) is 19.2 Å². The molecule has 0 bridgehead atoms. The van der Waals surface area contributed by atoms with Crippen molar-refractivity contribution in [1.82, 2.24) is 4.31 Å². The van der Waals surface area contributed by atoms with E-state index in [0.717, 1.165) is 11.6 Å². The van der Waals surface area contributed by atoms with Crippen LogP contribution >= 0.6 is 11.6 Å². The highest BCUT2D eigenvalue weighted by molar-refractivity contribution is 7.89. The van der Waals surface area contributed by atoms with Gasteiger partial charge in [-0.05, 0) is 25.5 Å². The summed E-state index contributed by atoms with van der Waals surface area (Å²) in [5.41, 5.74) is 0.731. The quantitative estimate of drug-likeness (QED) is 0.487. The second-order valence-electron chi connectivity index (χ2n) is 4.53.